The highest BCUT2D eigenvalue weighted by Crippen LogP contribution is 2.31. The van der Waals surface area contributed by atoms with Gasteiger partial charge in [-0.05, 0) is 42.8 Å². The SMILES string of the molecule is Cc1ccccc1N1C=NN2NC(Nc3ccccc3)=NC(Nc3ccccc3)=C21. The molecule has 0 bridgehead atoms. The van der Waals surface area contributed by atoms with Gasteiger partial charge in [0, 0.05) is 11.4 Å². The summed E-state index contributed by atoms with van der Waals surface area (Å²) in [6, 6.07) is 28.1. The summed E-state index contributed by atoms with van der Waals surface area (Å²) in [5.41, 5.74) is 7.31. The van der Waals surface area contributed by atoms with Crippen LogP contribution in [-0.4, -0.2) is 17.4 Å². The molecule has 0 spiro atoms. The summed E-state index contributed by atoms with van der Waals surface area (Å²) in [4.78, 5) is 6.84. The monoisotopic (exact) mass is 395 g/mol. The van der Waals surface area contributed by atoms with Crippen molar-refractivity contribution in [1.82, 2.24) is 10.5 Å². The van der Waals surface area contributed by atoms with Crippen LogP contribution in [0.4, 0.5) is 17.1 Å². The molecule has 0 saturated heterocycles. The molecule has 0 fully saturated rings. The number of anilines is 3. The zero-order valence-corrected chi connectivity index (χ0v) is 16.4. The third-order valence-electron chi connectivity index (χ3n) is 4.81. The van der Waals surface area contributed by atoms with Gasteiger partial charge in [0.2, 0.25) is 11.8 Å². The van der Waals surface area contributed by atoms with Crippen LogP contribution in [-0.2, 0) is 0 Å². The van der Waals surface area contributed by atoms with E-state index in [1.54, 1.807) is 11.5 Å². The van der Waals surface area contributed by atoms with E-state index in [9.17, 15) is 0 Å². The number of guanidine groups is 1. The van der Waals surface area contributed by atoms with Gasteiger partial charge in [-0.15, -0.1) is 10.2 Å². The van der Waals surface area contributed by atoms with Gasteiger partial charge in [-0.2, -0.15) is 4.99 Å². The van der Waals surface area contributed by atoms with Crippen LogP contribution in [0.25, 0.3) is 0 Å². The van der Waals surface area contributed by atoms with Gasteiger partial charge in [-0.1, -0.05) is 54.6 Å². The maximum absolute atomic E-state index is 4.82. The van der Waals surface area contributed by atoms with E-state index in [2.05, 4.69) is 40.2 Å². The Morgan fingerprint density at radius 1 is 0.767 bits per heavy atom. The molecule has 0 unspecified atom stereocenters. The highest BCUT2D eigenvalue weighted by molar-refractivity contribution is 5.96. The third kappa shape index (κ3) is 3.44. The Bertz CT molecular complexity index is 1140. The number of aryl methyl sites for hydroxylation is 1. The Hall–Kier alpha value is -4.26. The van der Waals surface area contributed by atoms with Crippen LogP contribution in [0.15, 0.2) is 107 Å². The number of nitrogens with zero attached hydrogens (tertiary/aromatic N) is 4. The topological polar surface area (TPSA) is 67.3 Å². The summed E-state index contributed by atoms with van der Waals surface area (Å²) >= 11 is 0. The Kier molecular flexibility index (Phi) is 4.53. The summed E-state index contributed by atoms with van der Waals surface area (Å²) < 4.78 is 0. The largest absolute Gasteiger partial charge is 0.337 e. The average molecular weight is 395 g/mol. The maximum Gasteiger partial charge on any atom is 0.223 e. The lowest BCUT2D eigenvalue weighted by Crippen LogP contribution is -2.46. The van der Waals surface area contributed by atoms with E-state index in [0.29, 0.717) is 11.8 Å². The maximum atomic E-state index is 4.82. The van der Waals surface area contributed by atoms with Crippen molar-refractivity contribution in [3.63, 3.8) is 0 Å². The zero-order chi connectivity index (χ0) is 20.3. The van der Waals surface area contributed by atoms with E-state index in [1.807, 2.05) is 77.7 Å². The van der Waals surface area contributed by atoms with E-state index in [1.165, 1.54) is 0 Å². The van der Waals surface area contributed by atoms with Crippen molar-refractivity contribution in [2.75, 3.05) is 15.5 Å². The highest BCUT2D eigenvalue weighted by Gasteiger charge is 2.32. The molecule has 3 aromatic rings. The molecule has 0 radical (unpaired) electrons. The summed E-state index contributed by atoms with van der Waals surface area (Å²) in [7, 11) is 0. The van der Waals surface area contributed by atoms with Crippen molar-refractivity contribution < 1.29 is 0 Å². The van der Waals surface area contributed by atoms with Gasteiger partial charge in [0.1, 0.15) is 6.34 Å². The lowest BCUT2D eigenvalue weighted by atomic mass is 10.2. The quantitative estimate of drug-likeness (QED) is 0.615. The first-order valence-electron chi connectivity index (χ1n) is 9.71. The molecule has 7 nitrogen and oxygen atoms in total. The van der Waals surface area contributed by atoms with Crippen molar-refractivity contribution in [3.05, 3.63) is 102 Å². The molecule has 2 aliphatic heterocycles. The van der Waals surface area contributed by atoms with E-state index in [4.69, 9.17) is 4.99 Å². The normalized spacial score (nSPS) is 14.9. The average Bonchev–Trinajstić information content (AvgIpc) is 3.20. The molecule has 2 aliphatic rings. The van der Waals surface area contributed by atoms with Crippen molar-refractivity contribution in [2.24, 2.45) is 10.1 Å². The molecule has 148 valence electrons. The molecule has 0 aliphatic carbocycles. The van der Waals surface area contributed by atoms with Gasteiger partial charge in [-0.25, -0.2) is 5.43 Å². The number of benzene rings is 3. The van der Waals surface area contributed by atoms with Gasteiger partial charge in [0.05, 0.1) is 5.69 Å². The Balaban J connectivity index is 1.56. The number of hydrazone groups is 1. The molecular formula is C23H21N7. The minimum Gasteiger partial charge on any atom is -0.337 e. The molecule has 0 atom stereocenters. The second-order valence-corrected chi connectivity index (χ2v) is 6.93. The standard InChI is InChI=1S/C23H21N7/c1-17-10-8-9-15-20(17)29-16-24-30-22(29)21(25-18-11-4-2-5-12-18)27-23(28-30)26-19-13-6-3-7-14-19/h2-16,25H,1H3,(H2,26,27,28). The second-order valence-electron chi connectivity index (χ2n) is 6.93. The first-order valence-corrected chi connectivity index (χ1v) is 9.71. The first-order chi connectivity index (χ1) is 14.8. The molecule has 0 amide bonds. The Morgan fingerprint density at radius 3 is 2.10 bits per heavy atom. The molecule has 0 aromatic heterocycles. The van der Waals surface area contributed by atoms with Gasteiger partial charge in [0.15, 0.2) is 5.82 Å². The lowest BCUT2D eigenvalue weighted by molar-refractivity contribution is 0.323. The number of nitrogens with one attached hydrogen (secondary N) is 3. The highest BCUT2D eigenvalue weighted by atomic mass is 15.8. The number of para-hydroxylation sites is 3. The van der Waals surface area contributed by atoms with E-state index in [-0.39, 0.29) is 0 Å². The van der Waals surface area contributed by atoms with E-state index < -0.39 is 0 Å². The molecular weight excluding hydrogens is 374 g/mol. The van der Waals surface area contributed by atoms with Crippen LogP contribution in [0.3, 0.4) is 0 Å². The van der Waals surface area contributed by atoms with Crippen molar-refractivity contribution in [3.8, 4) is 0 Å². The molecule has 3 N–H and O–H groups in total. The number of hydrogen-bond acceptors (Lipinski definition) is 7. The van der Waals surface area contributed by atoms with E-state index >= 15 is 0 Å². The fraction of sp³-hybridized carbons (Fsp3) is 0.0435. The third-order valence-corrected chi connectivity index (χ3v) is 4.81. The lowest BCUT2D eigenvalue weighted by Gasteiger charge is -2.30. The summed E-state index contributed by atoms with van der Waals surface area (Å²) in [6.07, 6.45) is 1.79. The van der Waals surface area contributed by atoms with Gasteiger partial charge in [0.25, 0.3) is 0 Å². The number of rotatable bonds is 4. The molecule has 3 aromatic carbocycles. The molecule has 30 heavy (non-hydrogen) atoms. The smallest absolute Gasteiger partial charge is 0.223 e. The minimum absolute atomic E-state index is 0.576. The van der Waals surface area contributed by atoms with E-state index in [0.717, 1.165) is 28.4 Å². The summed E-state index contributed by atoms with van der Waals surface area (Å²) in [6.45, 7) is 2.08. The zero-order valence-electron chi connectivity index (χ0n) is 16.4. The van der Waals surface area contributed by atoms with Crippen LogP contribution in [0.2, 0.25) is 0 Å². The van der Waals surface area contributed by atoms with Crippen molar-refractivity contribution in [2.45, 2.75) is 6.92 Å². The number of hydrazine groups is 1. The first kappa shape index (κ1) is 17.8. The van der Waals surface area contributed by atoms with Crippen LogP contribution >= 0.6 is 0 Å². The molecule has 5 rings (SSSR count). The van der Waals surface area contributed by atoms with Crippen LogP contribution in [0.1, 0.15) is 5.56 Å². The van der Waals surface area contributed by atoms with Crippen LogP contribution in [0.5, 0.6) is 0 Å². The Morgan fingerprint density at radius 2 is 1.40 bits per heavy atom. The van der Waals surface area contributed by atoms with Crippen molar-refractivity contribution in [1.29, 1.82) is 0 Å². The molecule has 2 heterocycles. The molecule has 0 saturated carbocycles. The van der Waals surface area contributed by atoms with Gasteiger partial charge in [-0.3, -0.25) is 4.90 Å². The van der Waals surface area contributed by atoms with Gasteiger partial charge < -0.3 is 10.6 Å². The van der Waals surface area contributed by atoms with Crippen LogP contribution < -0.4 is 21.0 Å². The Labute approximate surface area is 175 Å². The molecule has 7 heteroatoms. The second kappa shape index (κ2) is 7.63. The van der Waals surface area contributed by atoms with Gasteiger partial charge >= 0.3 is 0 Å². The fourth-order valence-electron chi connectivity index (χ4n) is 3.36. The summed E-state index contributed by atoms with van der Waals surface area (Å²) in [5.74, 6) is 2.05. The van der Waals surface area contributed by atoms with Crippen molar-refractivity contribution >= 4 is 29.4 Å². The minimum atomic E-state index is 0.576. The number of fused-ring (bicyclic) bond motifs is 1. The predicted octanol–water partition coefficient (Wildman–Crippen LogP) is 4.29. The number of hydrogen-bond donors (Lipinski definition) is 3. The fourth-order valence-corrected chi connectivity index (χ4v) is 3.36. The van der Waals surface area contributed by atoms with Crippen LogP contribution in [0, 0.1) is 6.92 Å². The number of aliphatic imine (C=N–C) groups is 1. The summed E-state index contributed by atoms with van der Waals surface area (Å²) in [5, 5.41) is 13.0. The predicted molar refractivity (Wildman–Crippen MR) is 122 cm³/mol.